The van der Waals surface area contributed by atoms with Gasteiger partial charge in [0.15, 0.2) is 0 Å². The van der Waals surface area contributed by atoms with Crippen LogP contribution >= 0.6 is 11.3 Å². The van der Waals surface area contributed by atoms with Crippen LogP contribution in [0, 0.1) is 0 Å². The maximum atomic E-state index is 12.4. The molecule has 0 saturated carbocycles. The number of phenols is 1. The monoisotopic (exact) mass is 349 g/mol. The molecule has 0 atom stereocenters. The fourth-order valence-electron chi connectivity index (χ4n) is 2.62. The van der Waals surface area contributed by atoms with Gasteiger partial charge in [-0.1, -0.05) is 36.4 Å². The molecule has 0 radical (unpaired) electrons. The zero-order valence-electron chi connectivity index (χ0n) is 13.2. The highest BCUT2D eigenvalue weighted by atomic mass is 32.1. The summed E-state index contributed by atoms with van der Waals surface area (Å²) in [5, 5.41) is 12.6. The predicted molar refractivity (Wildman–Crippen MR) is 101 cm³/mol. The van der Waals surface area contributed by atoms with Gasteiger partial charge in [-0.25, -0.2) is 4.98 Å². The highest BCUT2D eigenvalue weighted by molar-refractivity contribution is 7.22. The van der Waals surface area contributed by atoms with Gasteiger partial charge in [-0.15, -0.1) is 11.3 Å². The number of nitrogens with zero attached hydrogens (tertiary/aromatic N) is 1. The minimum absolute atomic E-state index is 0.134. The van der Waals surface area contributed by atoms with Crippen molar-refractivity contribution < 1.29 is 5.11 Å². The van der Waals surface area contributed by atoms with Crippen molar-refractivity contribution in [3.8, 4) is 16.2 Å². The standard InChI is InChI=1S/C19H15N3O2S/c23-14-8-4-7-13(9-14)20-11-17-21-15-10-16(12-5-2-1-3-6-12)25-18(15)19(24)22-17/h1-10,20,23H,11H2,(H,21,22,24). The number of hydrogen-bond donors (Lipinski definition) is 3. The van der Waals surface area contributed by atoms with Gasteiger partial charge in [0.25, 0.3) is 5.56 Å². The minimum atomic E-state index is -0.134. The van der Waals surface area contributed by atoms with Gasteiger partial charge in [0, 0.05) is 16.6 Å². The molecule has 2 aromatic carbocycles. The zero-order valence-corrected chi connectivity index (χ0v) is 14.0. The molecule has 0 aliphatic heterocycles. The number of rotatable bonds is 4. The normalized spacial score (nSPS) is 10.9. The maximum Gasteiger partial charge on any atom is 0.268 e. The molecule has 124 valence electrons. The molecule has 0 amide bonds. The third kappa shape index (κ3) is 3.25. The van der Waals surface area contributed by atoms with Gasteiger partial charge in [-0.05, 0) is 23.8 Å². The second-order valence-corrected chi connectivity index (χ2v) is 6.66. The van der Waals surface area contributed by atoms with Crippen molar-refractivity contribution in [2.24, 2.45) is 0 Å². The van der Waals surface area contributed by atoms with Gasteiger partial charge in [0.2, 0.25) is 0 Å². The lowest BCUT2D eigenvalue weighted by molar-refractivity contribution is 0.475. The van der Waals surface area contributed by atoms with Crippen molar-refractivity contribution in [1.82, 2.24) is 9.97 Å². The fourth-order valence-corrected chi connectivity index (χ4v) is 3.62. The van der Waals surface area contributed by atoms with Crippen molar-refractivity contribution in [1.29, 1.82) is 0 Å². The molecule has 3 N–H and O–H groups in total. The summed E-state index contributed by atoms with van der Waals surface area (Å²) in [6, 6.07) is 18.7. The molecule has 0 fully saturated rings. The highest BCUT2D eigenvalue weighted by Crippen LogP contribution is 2.30. The van der Waals surface area contributed by atoms with Crippen LogP contribution in [-0.4, -0.2) is 15.1 Å². The number of fused-ring (bicyclic) bond motifs is 1. The first-order valence-corrected chi connectivity index (χ1v) is 8.62. The molecular weight excluding hydrogens is 334 g/mol. The van der Waals surface area contributed by atoms with Crippen molar-refractivity contribution in [3.63, 3.8) is 0 Å². The summed E-state index contributed by atoms with van der Waals surface area (Å²) < 4.78 is 0.625. The third-order valence-corrected chi connectivity index (χ3v) is 4.97. The minimum Gasteiger partial charge on any atom is -0.508 e. The Morgan fingerprint density at radius 3 is 2.72 bits per heavy atom. The Morgan fingerprint density at radius 2 is 1.92 bits per heavy atom. The van der Waals surface area contributed by atoms with Crippen LogP contribution in [0.25, 0.3) is 20.7 Å². The molecule has 0 saturated heterocycles. The molecular formula is C19H15N3O2S. The smallest absolute Gasteiger partial charge is 0.268 e. The lowest BCUT2D eigenvalue weighted by Crippen LogP contribution is -2.13. The molecule has 0 aliphatic rings. The first kappa shape index (κ1) is 15.4. The van der Waals surface area contributed by atoms with Crippen LogP contribution in [0.15, 0.2) is 65.5 Å². The number of hydrogen-bond acceptors (Lipinski definition) is 5. The van der Waals surface area contributed by atoms with Crippen LogP contribution in [-0.2, 0) is 6.54 Å². The Labute approximate surface area is 147 Å². The summed E-state index contributed by atoms with van der Waals surface area (Å²) in [7, 11) is 0. The van der Waals surface area contributed by atoms with E-state index in [0.717, 1.165) is 16.1 Å². The quantitative estimate of drug-likeness (QED) is 0.521. The van der Waals surface area contributed by atoms with E-state index in [9.17, 15) is 9.90 Å². The molecule has 4 rings (SSSR count). The topological polar surface area (TPSA) is 78.0 Å². The Bertz CT molecular complexity index is 1090. The summed E-state index contributed by atoms with van der Waals surface area (Å²) in [6.07, 6.45) is 0. The first-order chi connectivity index (χ1) is 12.2. The van der Waals surface area contributed by atoms with Crippen LogP contribution < -0.4 is 10.9 Å². The molecule has 2 heterocycles. The lowest BCUT2D eigenvalue weighted by atomic mass is 10.2. The van der Waals surface area contributed by atoms with Crippen LogP contribution in [0.1, 0.15) is 5.82 Å². The summed E-state index contributed by atoms with van der Waals surface area (Å²) in [6.45, 7) is 0.366. The van der Waals surface area contributed by atoms with Crippen LogP contribution in [0.4, 0.5) is 5.69 Å². The summed E-state index contributed by atoms with van der Waals surface area (Å²) in [5.41, 5.74) is 2.40. The maximum absolute atomic E-state index is 12.4. The second-order valence-electron chi connectivity index (χ2n) is 5.61. The molecule has 2 aromatic heterocycles. The Hall–Kier alpha value is -3.12. The van der Waals surface area contributed by atoms with Crippen LogP contribution in [0.3, 0.4) is 0 Å². The second kappa shape index (κ2) is 6.41. The van der Waals surface area contributed by atoms with E-state index in [-0.39, 0.29) is 11.3 Å². The summed E-state index contributed by atoms with van der Waals surface area (Å²) in [5.74, 6) is 0.741. The summed E-state index contributed by atoms with van der Waals surface area (Å²) >= 11 is 1.44. The van der Waals surface area contributed by atoms with Crippen molar-refractivity contribution in [2.75, 3.05) is 5.32 Å². The molecule has 0 unspecified atom stereocenters. The van der Waals surface area contributed by atoms with Gasteiger partial charge in [-0.2, -0.15) is 0 Å². The molecule has 0 aliphatic carbocycles. The Balaban J connectivity index is 1.64. The number of nitrogens with one attached hydrogen (secondary N) is 2. The molecule has 0 bridgehead atoms. The van der Waals surface area contributed by atoms with Gasteiger partial charge >= 0.3 is 0 Å². The number of H-pyrrole nitrogens is 1. The third-order valence-electron chi connectivity index (χ3n) is 3.80. The fraction of sp³-hybridized carbons (Fsp3) is 0.0526. The largest absolute Gasteiger partial charge is 0.508 e. The van der Waals surface area contributed by atoms with Gasteiger partial charge in [0.1, 0.15) is 16.3 Å². The van der Waals surface area contributed by atoms with E-state index in [1.807, 2.05) is 42.5 Å². The van der Waals surface area contributed by atoms with E-state index in [2.05, 4.69) is 15.3 Å². The summed E-state index contributed by atoms with van der Waals surface area (Å²) in [4.78, 5) is 20.7. The van der Waals surface area contributed by atoms with E-state index in [0.29, 0.717) is 22.6 Å². The molecule has 0 spiro atoms. The number of thiophene rings is 1. The Morgan fingerprint density at radius 1 is 1.08 bits per heavy atom. The van der Waals surface area contributed by atoms with Crippen molar-refractivity contribution in [3.05, 3.63) is 76.8 Å². The van der Waals surface area contributed by atoms with E-state index in [1.165, 1.54) is 11.3 Å². The van der Waals surface area contributed by atoms with Gasteiger partial charge < -0.3 is 15.4 Å². The van der Waals surface area contributed by atoms with E-state index >= 15 is 0 Å². The van der Waals surface area contributed by atoms with Crippen molar-refractivity contribution >= 4 is 27.2 Å². The lowest BCUT2D eigenvalue weighted by Gasteiger charge is -2.06. The SMILES string of the molecule is O=c1[nH]c(CNc2cccc(O)c2)nc2cc(-c3ccccc3)sc12. The van der Waals surface area contributed by atoms with E-state index in [1.54, 1.807) is 18.2 Å². The number of aromatic amines is 1. The van der Waals surface area contributed by atoms with Gasteiger partial charge in [-0.3, -0.25) is 4.79 Å². The van der Waals surface area contributed by atoms with Crippen LogP contribution in [0.5, 0.6) is 5.75 Å². The Kier molecular flexibility index (Phi) is 3.95. The van der Waals surface area contributed by atoms with Crippen molar-refractivity contribution in [2.45, 2.75) is 6.54 Å². The molecule has 6 heteroatoms. The number of anilines is 1. The molecule has 5 nitrogen and oxygen atoms in total. The predicted octanol–water partition coefficient (Wildman–Crippen LogP) is 3.97. The van der Waals surface area contributed by atoms with Crippen LogP contribution in [0.2, 0.25) is 0 Å². The zero-order chi connectivity index (χ0) is 17.2. The highest BCUT2D eigenvalue weighted by Gasteiger charge is 2.10. The number of aromatic nitrogens is 2. The van der Waals surface area contributed by atoms with E-state index < -0.39 is 0 Å². The average molecular weight is 349 g/mol. The molecule has 25 heavy (non-hydrogen) atoms. The first-order valence-electron chi connectivity index (χ1n) is 7.80. The number of benzene rings is 2. The van der Waals surface area contributed by atoms with E-state index in [4.69, 9.17) is 0 Å². The number of phenolic OH excluding ortho intramolecular Hbond substituents is 1. The number of aromatic hydroxyl groups is 1. The molecule has 4 aromatic rings. The average Bonchev–Trinajstić information content (AvgIpc) is 3.06. The van der Waals surface area contributed by atoms with Gasteiger partial charge in [0.05, 0.1) is 12.1 Å².